The molecule has 4 nitrogen and oxygen atoms in total. The van der Waals surface area contributed by atoms with Crippen LogP contribution in [-0.4, -0.2) is 48.9 Å². The van der Waals surface area contributed by atoms with Gasteiger partial charge in [0.15, 0.2) is 0 Å². The number of carbonyl (C=O) groups is 1. The lowest BCUT2D eigenvalue weighted by Crippen LogP contribution is -2.54. The Morgan fingerprint density at radius 3 is 2.84 bits per heavy atom. The Bertz CT molecular complexity index is 286. The zero-order valence-corrected chi connectivity index (χ0v) is 13.3. The van der Waals surface area contributed by atoms with Crippen LogP contribution in [0.5, 0.6) is 0 Å². The van der Waals surface area contributed by atoms with Crippen molar-refractivity contribution in [3.05, 3.63) is 0 Å². The number of ether oxygens (including phenoxy) is 2. The molecule has 0 spiro atoms. The third kappa shape index (κ3) is 4.97. The maximum absolute atomic E-state index is 12.3. The van der Waals surface area contributed by atoms with Gasteiger partial charge in [0.05, 0.1) is 13.2 Å². The Morgan fingerprint density at radius 2 is 2.26 bits per heavy atom. The van der Waals surface area contributed by atoms with E-state index in [0.717, 1.165) is 31.6 Å². The van der Waals surface area contributed by atoms with Crippen molar-refractivity contribution < 1.29 is 14.3 Å². The molecule has 1 fully saturated rings. The Kier molecular flexibility index (Phi) is 7.18. The van der Waals surface area contributed by atoms with E-state index in [1.54, 1.807) is 7.11 Å². The molecule has 0 radical (unpaired) electrons. The highest BCUT2D eigenvalue weighted by Gasteiger charge is 2.46. The molecule has 0 saturated heterocycles. The monoisotopic (exact) mass is 289 g/mol. The van der Waals surface area contributed by atoms with Gasteiger partial charge in [-0.25, -0.2) is 0 Å². The highest BCUT2D eigenvalue weighted by Crippen LogP contribution is 2.38. The minimum absolute atomic E-state index is 0.0847. The van der Waals surface area contributed by atoms with Crippen molar-refractivity contribution in [2.75, 3.05) is 26.1 Å². The van der Waals surface area contributed by atoms with Crippen molar-refractivity contribution in [1.29, 1.82) is 0 Å². The van der Waals surface area contributed by atoms with Gasteiger partial charge in [-0.1, -0.05) is 0 Å². The SMILES string of the molecule is CCOC(=O)C1(NC(C)C)CCC(SCCOC)C1. The number of thioether (sulfide) groups is 1. The van der Waals surface area contributed by atoms with E-state index in [2.05, 4.69) is 19.2 Å². The number of hydrogen-bond acceptors (Lipinski definition) is 5. The molecule has 0 bridgehead atoms. The smallest absolute Gasteiger partial charge is 0.326 e. The van der Waals surface area contributed by atoms with Crippen LogP contribution in [0.3, 0.4) is 0 Å². The number of esters is 1. The number of methoxy groups -OCH3 is 1. The van der Waals surface area contributed by atoms with E-state index < -0.39 is 5.54 Å². The summed E-state index contributed by atoms with van der Waals surface area (Å²) in [5.41, 5.74) is -0.477. The van der Waals surface area contributed by atoms with E-state index in [-0.39, 0.29) is 12.0 Å². The normalized spacial score (nSPS) is 26.9. The molecule has 0 aromatic carbocycles. The fourth-order valence-corrected chi connectivity index (χ4v) is 3.92. The second-order valence-electron chi connectivity index (χ2n) is 5.33. The first kappa shape index (κ1) is 16.8. The largest absolute Gasteiger partial charge is 0.465 e. The van der Waals surface area contributed by atoms with E-state index >= 15 is 0 Å². The summed E-state index contributed by atoms with van der Waals surface area (Å²) >= 11 is 1.90. The number of hydrogen-bond donors (Lipinski definition) is 1. The first-order valence-electron chi connectivity index (χ1n) is 7.09. The van der Waals surface area contributed by atoms with Crippen LogP contribution in [-0.2, 0) is 14.3 Å². The molecule has 19 heavy (non-hydrogen) atoms. The van der Waals surface area contributed by atoms with Crippen molar-refractivity contribution in [2.45, 2.75) is 56.9 Å². The second kappa shape index (κ2) is 8.12. The van der Waals surface area contributed by atoms with Crippen LogP contribution >= 0.6 is 11.8 Å². The lowest BCUT2D eigenvalue weighted by Gasteiger charge is -2.30. The molecule has 0 aromatic rings. The summed E-state index contributed by atoms with van der Waals surface area (Å²) in [6, 6.07) is 0.284. The lowest BCUT2D eigenvalue weighted by molar-refractivity contribution is -0.151. The molecule has 0 amide bonds. The molecule has 0 heterocycles. The first-order valence-corrected chi connectivity index (χ1v) is 8.14. The molecule has 0 aliphatic heterocycles. The summed E-state index contributed by atoms with van der Waals surface area (Å²) in [7, 11) is 1.72. The summed E-state index contributed by atoms with van der Waals surface area (Å²) in [6.45, 7) is 7.23. The predicted molar refractivity (Wildman–Crippen MR) is 79.6 cm³/mol. The van der Waals surface area contributed by atoms with Crippen LogP contribution in [0.15, 0.2) is 0 Å². The van der Waals surface area contributed by atoms with Crippen LogP contribution < -0.4 is 5.32 Å². The average molecular weight is 289 g/mol. The van der Waals surface area contributed by atoms with Gasteiger partial charge < -0.3 is 9.47 Å². The first-order chi connectivity index (χ1) is 9.04. The molecule has 1 rings (SSSR count). The van der Waals surface area contributed by atoms with Crippen molar-refractivity contribution in [2.24, 2.45) is 0 Å². The summed E-state index contributed by atoms with van der Waals surface area (Å²) < 4.78 is 10.3. The van der Waals surface area contributed by atoms with E-state index in [1.165, 1.54) is 0 Å². The second-order valence-corrected chi connectivity index (χ2v) is 6.74. The third-order valence-electron chi connectivity index (χ3n) is 3.34. The summed E-state index contributed by atoms with van der Waals surface area (Å²) in [4.78, 5) is 12.3. The Hall–Kier alpha value is -0.260. The minimum Gasteiger partial charge on any atom is -0.465 e. The Balaban J connectivity index is 2.59. The van der Waals surface area contributed by atoms with Crippen molar-refractivity contribution in [3.8, 4) is 0 Å². The zero-order valence-electron chi connectivity index (χ0n) is 12.5. The number of rotatable bonds is 8. The Labute approximate surface area is 121 Å². The van der Waals surface area contributed by atoms with Gasteiger partial charge in [0, 0.05) is 24.2 Å². The molecular weight excluding hydrogens is 262 g/mol. The van der Waals surface area contributed by atoms with Crippen LogP contribution in [0.25, 0.3) is 0 Å². The van der Waals surface area contributed by atoms with Crippen molar-refractivity contribution in [3.63, 3.8) is 0 Å². The highest BCUT2D eigenvalue weighted by atomic mass is 32.2. The average Bonchev–Trinajstić information content (AvgIpc) is 2.74. The molecule has 1 aliphatic rings. The van der Waals surface area contributed by atoms with Gasteiger partial charge in [-0.3, -0.25) is 10.1 Å². The van der Waals surface area contributed by atoms with Crippen LogP contribution in [0.4, 0.5) is 0 Å². The van der Waals surface area contributed by atoms with Gasteiger partial charge in [0.25, 0.3) is 0 Å². The summed E-state index contributed by atoms with van der Waals surface area (Å²) in [6.07, 6.45) is 2.79. The number of carbonyl (C=O) groups excluding carboxylic acids is 1. The standard InChI is InChI=1S/C14H27NO3S/c1-5-18-13(16)14(15-11(2)3)7-6-12(10-14)19-9-8-17-4/h11-12,15H,5-10H2,1-4H3. The molecule has 1 saturated carbocycles. The molecule has 2 unspecified atom stereocenters. The van der Waals surface area contributed by atoms with Crippen LogP contribution in [0, 0.1) is 0 Å². The fraction of sp³-hybridized carbons (Fsp3) is 0.929. The van der Waals surface area contributed by atoms with E-state index in [4.69, 9.17) is 9.47 Å². The zero-order chi connectivity index (χ0) is 14.3. The molecule has 5 heteroatoms. The van der Waals surface area contributed by atoms with Crippen LogP contribution in [0.2, 0.25) is 0 Å². The van der Waals surface area contributed by atoms with Gasteiger partial charge in [0.2, 0.25) is 0 Å². The van der Waals surface area contributed by atoms with Gasteiger partial charge in [-0.05, 0) is 40.0 Å². The maximum atomic E-state index is 12.3. The molecular formula is C14H27NO3S. The molecule has 2 atom stereocenters. The van der Waals surface area contributed by atoms with E-state index in [1.807, 2.05) is 18.7 Å². The number of nitrogens with one attached hydrogen (secondary N) is 1. The third-order valence-corrected chi connectivity index (χ3v) is 4.62. The quantitative estimate of drug-likeness (QED) is 0.548. The summed E-state index contributed by atoms with van der Waals surface area (Å²) in [5.74, 6) is 0.903. The fourth-order valence-electron chi connectivity index (χ4n) is 2.64. The minimum atomic E-state index is -0.477. The Morgan fingerprint density at radius 1 is 1.53 bits per heavy atom. The molecule has 1 aliphatic carbocycles. The van der Waals surface area contributed by atoms with Crippen molar-refractivity contribution >= 4 is 17.7 Å². The summed E-state index contributed by atoms with van der Waals surface area (Å²) in [5, 5.41) is 3.96. The van der Waals surface area contributed by atoms with Gasteiger partial charge in [0.1, 0.15) is 5.54 Å². The van der Waals surface area contributed by atoms with E-state index in [0.29, 0.717) is 11.9 Å². The lowest BCUT2D eigenvalue weighted by atomic mass is 9.96. The van der Waals surface area contributed by atoms with Gasteiger partial charge in [-0.2, -0.15) is 11.8 Å². The van der Waals surface area contributed by atoms with Crippen molar-refractivity contribution in [1.82, 2.24) is 5.32 Å². The van der Waals surface area contributed by atoms with Gasteiger partial charge >= 0.3 is 5.97 Å². The topological polar surface area (TPSA) is 47.6 Å². The molecule has 0 aromatic heterocycles. The molecule has 1 N–H and O–H groups in total. The maximum Gasteiger partial charge on any atom is 0.326 e. The van der Waals surface area contributed by atoms with Crippen LogP contribution in [0.1, 0.15) is 40.0 Å². The predicted octanol–water partition coefficient (Wildman–Crippen LogP) is 2.22. The van der Waals surface area contributed by atoms with E-state index in [9.17, 15) is 4.79 Å². The molecule has 112 valence electrons. The van der Waals surface area contributed by atoms with Gasteiger partial charge in [-0.15, -0.1) is 0 Å². The highest BCUT2D eigenvalue weighted by molar-refractivity contribution is 7.99.